The number of nitrogens with two attached hydrogens (primary N) is 1. The van der Waals surface area contributed by atoms with Gasteiger partial charge in [-0.25, -0.2) is 4.79 Å². The SMILES string of the molecule is COc1ccc(N)c(C(O)C(O)CNC(=O)OCc2ccccc2)c1. The Bertz CT molecular complexity index is 693. The summed E-state index contributed by atoms with van der Waals surface area (Å²) in [6.07, 6.45) is -3.21. The van der Waals surface area contributed by atoms with Crippen LogP contribution in [0.3, 0.4) is 0 Å². The summed E-state index contributed by atoms with van der Waals surface area (Å²) in [5.74, 6) is 0.505. The highest BCUT2D eigenvalue weighted by molar-refractivity contribution is 5.67. The molecule has 0 spiro atoms. The quantitative estimate of drug-likeness (QED) is 0.566. The van der Waals surface area contributed by atoms with E-state index < -0.39 is 18.3 Å². The van der Waals surface area contributed by atoms with Gasteiger partial charge in [-0.05, 0) is 23.8 Å². The van der Waals surface area contributed by atoms with Crippen LogP contribution in [0.15, 0.2) is 48.5 Å². The molecule has 0 radical (unpaired) electrons. The van der Waals surface area contributed by atoms with Crippen molar-refractivity contribution in [3.63, 3.8) is 0 Å². The predicted molar refractivity (Wildman–Crippen MR) is 93.0 cm³/mol. The van der Waals surface area contributed by atoms with Crippen molar-refractivity contribution in [1.29, 1.82) is 0 Å². The van der Waals surface area contributed by atoms with Gasteiger partial charge in [0.1, 0.15) is 24.6 Å². The van der Waals surface area contributed by atoms with Crippen molar-refractivity contribution >= 4 is 11.8 Å². The second-order valence-electron chi connectivity index (χ2n) is 5.45. The van der Waals surface area contributed by atoms with Crippen LogP contribution in [0.5, 0.6) is 5.75 Å². The van der Waals surface area contributed by atoms with Crippen molar-refractivity contribution in [2.75, 3.05) is 19.4 Å². The van der Waals surface area contributed by atoms with Gasteiger partial charge in [-0.3, -0.25) is 0 Å². The number of methoxy groups -OCH3 is 1. The lowest BCUT2D eigenvalue weighted by molar-refractivity contribution is 0.0187. The van der Waals surface area contributed by atoms with Gasteiger partial charge in [0.2, 0.25) is 0 Å². The van der Waals surface area contributed by atoms with Crippen LogP contribution in [0.2, 0.25) is 0 Å². The Labute approximate surface area is 146 Å². The first-order chi connectivity index (χ1) is 12.0. The summed E-state index contributed by atoms with van der Waals surface area (Å²) in [4.78, 5) is 11.7. The van der Waals surface area contributed by atoms with E-state index in [1.807, 2.05) is 30.3 Å². The Morgan fingerprint density at radius 3 is 2.60 bits per heavy atom. The zero-order valence-corrected chi connectivity index (χ0v) is 13.9. The number of rotatable bonds is 7. The molecule has 134 valence electrons. The first-order valence-electron chi connectivity index (χ1n) is 7.75. The zero-order valence-electron chi connectivity index (χ0n) is 13.9. The number of carbonyl (C=O) groups excluding carboxylic acids is 1. The Morgan fingerprint density at radius 1 is 1.20 bits per heavy atom. The topological polar surface area (TPSA) is 114 Å². The minimum atomic E-state index is -1.27. The molecule has 0 aromatic heterocycles. The summed E-state index contributed by atoms with van der Waals surface area (Å²) in [5.41, 5.74) is 7.31. The molecule has 2 aromatic rings. The Hall–Kier alpha value is -2.77. The van der Waals surface area contributed by atoms with E-state index >= 15 is 0 Å². The van der Waals surface area contributed by atoms with Gasteiger partial charge in [0.25, 0.3) is 0 Å². The van der Waals surface area contributed by atoms with Crippen LogP contribution in [0.25, 0.3) is 0 Å². The van der Waals surface area contributed by atoms with E-state index in [2.05, 4.69) is 5.32 Å². The number of ether oxygens (including phenoxy) is 2. The fourth-order valence-corrected chi connectivity index (χ4v) is 2.22. The third kappa shape index (κ3) is 5.37. The number of aliphatic hydroxyl groups is 2. The number of alkyl carbamates (subject to hydrolysis) is 1. The molecule has 0 aliphatic heterocycles. The number of nitrogens with one attached hydrogen (secondary N) is 1. The summed E-state index contributed by atoms with van der Waals surface area (Å²) in [6, 6.07) is 14.0. The average Bonchev–Trinajstić information content (AvgIpc) is 2.65. The molecule has 2 rings (SSSR count). The molecule has 0 heterocycles. The summed E-state index contributed by atoms with van der Waals surface area (Å²) in [7, 11) is 1.49. The van der Waals surface area contributed by atoms with Crippen molar-refractivity contribution in [1.82, 2.24) is 5.32 Å². The lowest BCUT2D eigenvalue weighted by atomic mass is 10.0. The van der Waals surface area contributed by atoms with Gasteiger partial charge < -0.3 is 30.7 Å². The van der Waals surface area contributed by atoms with Gasteiger partial charge in [0.15, 0.2) is 0 Å². The van der Waals surface area contributed by atoms with Gasteiger partial charge in [-0.1, -0.05) is 30.3 Å². The fourth-order valence-electron chi connectivity index (χ4n) is 2.22. The van der Waals surface area contributed by atoms with Crippen LogP contribution < -0.4 is 15.8 Å². The molecule has 2 atom stereocenters. The molecule has 0 bridgehead atoms. The Balaban J connectivity index is 1.84. The summed E-state index contributed by atoms with van der Waals surface area (Å²) >= 11 is 0. The normalized spacial score (nSPS) is 12.9. The third-order valence-corrected chi connectivity index (χ3v) is 3.65. The van der Waals surface area contributed by atoms with E-state index in [0.29, 0.717) is 17.0 Å². The molecule has 1 amide bonds. The molecule has 0 aliphatic carbocycles. The minimum Gasteiger partial charge on any atom is -0.497 e. The van der Waals surface area contributed by atoms with Gasteiger partial charge >= 0.3 is 6.09 Å². The highest BCUT2D eigenvalue weighted by Crippen LogP contribution is 2.27. The summed E-state index contributed by atoms with van der Waals surface area (Å²) < 4.78 is 10.1. The number of hydrogen-bond acceptors (Lipinski definition) is 6. The molecule has 5 N–H and O–H groups in total. The van der Waals surface area contributed by atoms with E-state index in [1.54, 1.807) is 12.1 Å². The molecular weight excluding hydrogens is 324 g/mol. The van der Waals surface area contributed by atoms with Crippen molar-refractivity contribution in [3.05, 3.63) is 59.7 Å². The number of aliphatic hydroxyl groups excluding tert-OH is 2. The standard InChI is InChI=1S/C18H22N2O5/c1-24-13-7-8-15(19)14(9-13)17(22)16(21)10-20-18(23)25-11-12-5-3-2-4-6-12/h2-9,16-17,21-22H,10-11,19H2,1H3,(H,20,23). The number of anilines is 1. The maximum atomic E-state index is 11.7. The van der Waals surface area contributed by atoms with Crippen LogP contribution in [0, 0.1) is 0 Å². The summed E-state index contributed by atoms with van der Waals surface area (Å²) in [6.45, 7) is -0.0698. The number of hydrogen-bond donors (Lipinski definition) is 4. The highest BCUT2D eigenvalue weighted by Gasteiger charge is 2.22. The maximum Gasteiger partial charge on any atom is 0.407 e. The van der Waals surface area contributed by atoms with Crippen LogP contribution in [0.1, 0.15) is 17.2 Å². The van der Waals surface area contributed by atoms with E-state index in [4.69, 9.17) is 15.2 Å². The van der Waals surface area contributed by atoms with Crippen molar-refractivity contribution in [2.45, 2.75) is 18.8 Å². The largest absolute Gasteiger partial charge is 0.497 e. The number of carbonyl (C=O) groups is 1. The van der Waals surface area contributed by atoms with E-state index in [1.165, 1.54) is 13.2 Å². The Kier molecular flexibility index (Phi) is 6.62. The van der Waals surface area contributed by atoms with Gasteiger partial charge in [-0.15, -0.1) is 0 Å². The van der Waals surface area contributed by atoms with Crippen molar-refractivity contribution < 1.29 is 24.5 Å². The molecule has 7 heteroatoms. The predicted octanol–water partition coefficient (Wildman–Crippen LogP) is 1.60. The third-order valence-electron chi connectivity index (χ3n) is 3.65. The average molecular weight is 346 g/mol. The monoisotopic (exact) mass is 346 g/mol. The lowest BCUT2D eigenvalue weighted by Crippen LogP contribution is -2.36. The molecule has 0 saturated heterocycles. The minimum absolute atomic E-state index is 0.119. The van der Waals surface area contributed by atoms with E-state index in [0.717, 1.165) is 5.56 Å². The van der Waals surface area contributed by atoms with E-state index in [9.17, 15) is 15.0 Å². The summed E-state index contributed by atoms with van der Waals surface area (Å²) in [5, 5.41) is 22.7. The number of amides is 1. The number of benzene rings is 2. The Morgan fingerprint density at radius 2 is 1.92 bits per heavy atom. The molecule has 0 fully saturated rings. The highest BCUT2D eigenvalue weighted by atomic mass is 16.5. The van der Waals surface area contributed by atoms with Crippen LogP contribution in [-0.2, 0) is 11.3 Å². The zero-order chi connectivity index (χ0) is 18.2. The second kappa shape index (κ2) is 8.91. The van der Waals surface area contributed by atoms with Crippen LogP contribution in [0.4, 0.5) is 10.5 Å². The van der Waals surface area contributed by atoms with Gasteiger partial charge in [0, 0.05) is 17.8 Å². The van der Waals surface area contributed by atoms with E-state index in [-0.39, 0.29) is 13.2 Å². The molecule has 7 nitrogen and oxygen atoms in total. The second-order valence-corrected chi connectivity index (χ2v) is 5.45. The molecule has 2 aromatic carbocycles. The van der Waals surface area contributed by atoms with Crippen molar-refractivity contribution in [2.24, 2.45) is 0 Å². The molecule has 2 unspecified atom stereocenters. The first kappa shape index (κ1) is 18.6. The smallest absolute Gasteiger partial charge is 0.407 e. The van der Waals surface area contributed by atoms with Gasteiger partial charge in [0.05, 0.1) is 7.11 Å². The van der Waals surface area contributed by atoms with Crippen LogP contribution >= 0.6 is 0 Å². The fraction of sp³-hybridized carbons (Fsp3) is 0.278. The van der Waals surface area contributed by atoms with Gasteiger partial charge in [-0.2, -0.15) is 0 Å². The van der Waals surface area contributed by atoms with Crippen LogP contribution in [-0.4, -0.2) is 36.1 Å². The molecule has 25 heavy (non-hydrogen) atoms. The lowest BCUT2D eigenvalue weighted by Gasteiger charge is -2.20. The first-order valence-corrected chi connectivity index (χ1v) is 7.75. The molecular formula is C18H22N2O5. The maximum absolute atomic E-state index is 11.7. The molecule has 0 saturated carbocycles. The molecule has 0 aliphatic rings. The number of nitrogen functional groups attached to an aromatic ring is 1. The van der Waals surface area contributed by atoms with Crippen molar-refractivity contribution in [3.8, 4) is 5.75 Å².